The van der Waals surface area contributed by atoms with E-state index < -0.39 is 80.4 Å². The Kier molecular flexibility index (Phi) is 34.1. The number of fused-ring (bicyclic) bond motifs is 5. The number of ether oxygens (including phenoxy) is 4. The summed E-state index contributed by atoms with van der Waals surface area (Å²) in [6.45, 7) is 28.2. The average molecular weight is 2040 g/mol. The van der Waals surface area contributed by atoms with Crippen molar-refractivity contribution in [3.05, 3.63) is 439 Å². The summed E-state index contributed by atoms with van der Waals surface area (Å²) in [7, 11) is -4.13. The van der Waals surface area contributed by atoms with Gasteiger partial charge in [0.05, 0.1) is 0 Å². The number of aromatic amines is 3. The molecule has 4 N–H and O–H groups in total. The summed E-state index contributed by atoms with van der Waals surface area (Å²) < 4.78 is 172. The van der Waals surface area contributed by atoms with E-state index in [1.165, 1.54) is 30.3 Å². The number of pyridine rings is 5. The topological polar surface area (TPSA) is 179 Å². The molecule has 10 heterocycles. The third-order valence-electron chi connectivity index (χ3n) is 26.8. The van der Waals surface area contributed by atoms with Crippen LogP contribution >= 0.6 is 23.2 Å². The molecular formula is C116H112Cl2F10N10O5Si2. The number of H-pyrrole nitrogens is 3. The number of halogens is 12. The van der Waals surface area contributed by atoms with Crippen LogP contribution < -0.4 is 18.9 Å². The van der Waals surface area contributed by atoms with Gasteiger partial charge in [-0.15, -0.1) is 0 Å². The van der Waals surface area contributed by atoms with Crippen LogP contribution in [-0.4, -0.2) is 69.9 Å². The van der Waals surface area contributed by atoms with Gasteiger partial charge in [-0.1, -0.05) is 191 Å². The van der Waals surface area contributed by atoms with Gasteiger partial charge in [0, 0.05) is 161 Å². The van der Waals surface area contributed by atoms with Gasteiger partial charge in [-0.05, 0) is 226 Å². The third-order valence-corrected chi connectivity index (χ3v) is 40.8. The van der Waals surface area contributed by atoms with Crippen molar-refractivity contribution in [3.63, 3.8) is 0 Å². The van der Waals surface area contributed by atoms with Gasteiger partial charge < -0.3 is 47.5 Å². The third kappa shape index (κ3) is 24.2. The van der Waals surface area contributed by atoms with Crippen molar-refractivity contribution in [2.75, 3.05) is 0 Å². The molecule has 748 valence electrons. The molecule has 0 saturated heterocycles. The monoisotopic (exact) mass is 2040 g/mol. The number of nitrogens with one attached hydrogen (secondary N) is 3. The smallest absolute Gasteiger partial charge is 0.171 e. The van der Waals surface area contributed by atoms with Gasteiger partial charge >= 0.3 is 0 Å². The first-order valence-corrected chi connectivity index (χ1v) is 53.1. The number of benzene rings is 9. The van der Waals surface area contributed by atoms with E-state index >= 15 is 4.39 Å². The zero-order valence-corrected chi connectivity index (χ0v) is 85.8. The Labute approximate surface area is 847 Å². The van der Waals surface area contributed by atoms with Crippen LogP contribution in [0.2, 0.25) is 43.3 Å². The highest BCUT2D eigenvalue weighted by atomic mass is 35.5. The number of nitrogens with zero attached hydrogens (tertiary/aromatic N) is 7. The fourth-order valence-corrected chi connectivity index (χ4v) is 33.7. The number of hydrogen-bond donors (Lipinski definition) is 4. The lowest BCUT2D eigenvalue weighted by Crippen LogP contribution is -2.51. The van der Waals surface area contributed by atoms with Crippen LogP contribution in [0.25, 0.3) is 55.2 Å². The minimum absolute atomic E-state index is 0.0740. The molecule has 9 aromatic carbocycles. The Morgan fingerprint density at radius 3 is 0.807 bits per heavy atom. The molecule has 10 aromatic heterocycles. The van der Waals surface area contributed by atoms with E-state index in [1.807, 2.05) is 128 Å². The molecule has 19 rings (SSSR count). The van der Waals surface area contributed by atoms with Crippen molar-refractivity contribution in [3.8, 4) is 28.7 Å². The number of phenols is 1. The number of rotatable bonds is 30. The highest BCUT2D eigenvalue weighted by Crippen LogP contribution is 2.48. The van der Waals surface area contributed by atoms with Crippen LogP contribution in [0.15, 0.2) is 292 Å². The SMILES string of the molecule is CC(C)[Si](C(C)C)(C(C)C)n1cc(Cc2cc(F)c(O)cc2F)c2cccnc21.CC(C)[Si](C(C)C)(C(C)C)n1cc(Cc2cc(F)c(OCc3ccccc3)cc2F)c2cccnc21.Fc1cc(OCc2ccc(Cl)cc2)c(F)cc1Cc1c[nH]c2ncccc12.Fc1cc(OCc2ccc(Cl)cc2)c(F)cc1Cc1c[nH]c2ncccc12.Fc1cc(OCc2ccccc2)c(F)cc1Cc1c[nH]c2ncccc12. The van der Waals surface area contributed by atoms with E-state index in [0.29, 0.717) is 48.9 Å². The van der Waals surface area contributed by atoms with Crippen LogP contribution in [0.5, 0.6) is 28.7 Å². The first-order chi connectivity index (χ1) is 69.7. The summed E-state index contributed by atoms with van der Waals surface area (Å²) in [4.78, 5) is 31.2. The normalized spacial score (nSPS) is 11.7. The maximum Gasteiger partial charge on any atom is 0.171 e. The summed E-state index contributed by atoms with van der Waals surface area (Å²) >= 11 is 11.7. The Hall–Kier alpha value is -14.3. The van der Waals surface area contributed by atoms with Crippen LogP contribution in [0, 0.1) is 58.2 Å². The molecule has 0 bridgehead atoms. The zero-order valence-electron chi connectivity index (χ0n) is 82.3. The highest BCUT2D eigenvalue weighted by Gasteiger charge is 2.48. The van der Waals surface area contributed by atoms with Crippen LogP contribution in [-0.2, 0) is 58.5 Å². The Morgan fingerprint density at radius 1 is 0.276 bits per heavy atom. The molecule has 0 aliphatic rings. The van der Waals surface area contributed by atoms with Crippen LogP contribution in [0.1, 0.15) is 161 Å². The fraction of sp³-hybridized carbons (Fsp3) is 0.233. The van der Waals surface area contributed by atoms with E-state index in [0.717, 1.165) is 136 Å². The second kappa shape index (κ2) is 47.1. The molecule has 0 spiro atoms. The molecule has 0 fully saturated rings. The van der Waals surface area contributed by atoms with Gasteiger partial charge in [-0.3, -0.25) is 0 Å². The molecule has 19 aromatic rings. The van der Waals surface area contributed by atoms with Gasteiger partial charge in [0.15, 0.2) is 74.3 Å². The predicted molar refractivity (Wildman–Crippen MR) is 561 cm³/mol. The van der Waals surface area contributed by atoms with Crippen molar-refractivity contribution in [2.24, 2.45) is 0 Å². The molecule has 0 unspecified atom stereocenters. The van der Waals surface area contributed by atoms with E-state index in [2.05, 4.69) is 134 Å². The summed E-state index contributed by atoms with van der Waals surface area (Å²) in [6.07, 6.45) is 19.6. The quantitative estimate of drug-likeness (QED) is 0.0250. The second-order valence-electron chi connectivity index (χ2n) is 37.8. The standard InChI is InChI=1S/C30H36F2N2OSi.C23H30F2N2OSi.2C21H15ClF2N2O.C21H16F2N2O/c1-20(2)36(21(3)4,22(5)6)34-18-25(26-13-10-14-33-30(26)34)15-24-16-28(32)29(17-27(24)31)35-19-23-11-8-7-9-12-23;1-14(2)29(15(3)4,16(5)6)27-13-18(19-8-7-9-26-23(19)27)10-17-11-21(25)22(28)12-20(17)24;2*22-16-5-3-13(4-6-16)12-27-20-10-18(23)14(9-19(20)24)8-15-11-26-21-17(15)2-1-7-25-21;22-18-11-20(26-13-14-5-2-1-3-6-14)19(23)10-15(18)9-16-12-25-21-17(16)7-4-8-24-21/h7-14,16-18,20-22H,15,19H2,1-6H3;7-9,11-16,28H,10H2,1-6H3;2*1-7,9-11H,8,12H2,(H,25,26);1-8,10-12H,9,13H2,(H,24,25). The minimum Gasteiger partial charge on any atom is -0.505 e. The second-order valence-corrected chi connectivity index (χ2v) is 50.1. The maximum absolute atomic E-state index is 15.2. The van der Waals surface area contributed by atoms with Crippen molar-refractivity contribution >= 4 is 94.8 Å². The first kappa shape index (κ1) is 105. The number of hydrogen-bond acceptors (Lipinski definition) is 10. The van der Waals surface area contributed by atoms with E-state index in [4.69, 9.17) is 52.1 Å². The van der Waals surface area contributed by atoms with E-state index in [9.17, 15) is 44.6 Å². The predicted octanol–water partition coefficient (Wildman–Crippen LogP) is 31.5. The average Bonchev–Trinajstić information content (AvgIpc) is 1.59. The van der Waals surface area contributed by atoms with Crippen molar-refractivity contribution in [2.45, 2.75) is 175 Å². The summed E-state index contributed by atoms with van der Waals surface area (Å²) in [5.74, 6) is -6.79. The van der Waals surface area contributed by atoms with Crippen LogP contribution in [0.4, 0.5) is 43.9 Å². The molecule has 0 atom stereocenters. The lowest BCUT2D eigenvalue weighted by molar-refractivity contribution is 0.288. The van der Waals surface area contributed by atoms with Gasteiger partial charge in [-0.2, -0.15) is 0 Å². The molecule has 0 radical (unpaired) electrons. The molecule has 0 aliphatic heterocycles. The fourth-order valence-electron chi connectivity index (χ4n) is 20.2. The zero-order chi connectivity index (χ0) is 103. The number of phenolic OH excluding ortho intramolecular Hbond substituents is 1. The molecular weight excluding hydrogens is 1930 g/mol. The van der Waals surface area contributed by atoms with E-state index in [1.54, 1.807) is 91.9 Å². The Balaban J connectivity index is 0.000000137. The van der Waals surface area contributed by atoms with Crippen LogP contribution in [0.3, 0.4) is 0 Å². The molecule has 29 heteroatoms. The lowest BCUT2D eigenvalue weighted by Gasteiger charge is -2.44. The largest absolute Gasteiger partial charge is 0.505 e. The van der Waals surface area contributed by atoms with Gasteiger partial charge in [0.1, 0.15) is 83.7 Å². The van der Waals surface area contributed by atoms with Crippen molar-refractivity contribution < 1.29 is 68.0 Å². The highest BCUT2D eigenvalue weighted by molar-refractivity contribution is 6.83. The van der Waals surface area contributed by atoms with E-state index in [-0.39, 0.29) is 104 Å². The molecule has 145 heavy (non-hydrogen) atoms. The summed E-state index contributed by atoms with van der Waals surface area (Å²) in [5.41, 5.74) is 16.2. The van der Waals surface area contributed by atoms with Gasteiger partial charge in [0.25, 0.3) is 0 Å². The number of aromatic hydroxyl groups is 1. The van der Waals surface area contributed by atoms with Gasteiger partial charge in [-0.25, -0.2) is 68.8 Å². The molecule has 0 aliphatic carbocycles. The van der Waals surface area contributed by atoms with Crippen molar-refractivity contribution in [1.82, 2.24) is 48.3 Å². The summed E-state index contributed by atoms with van der Waals surface area (Å²) in [5, 5.41) is 15.3. The first-order valence-electron chi connectivity index (χ1n) is 48.0. The van der Waals surface area contributed by atoms with Crippen molar-refractivity contribution in [1.29, 1.82) is 0 Å². The lowest BCUT2D eigenvalue weighted by atomic mass is 10.0. The molecule has 15 nitrogen and oxygen atoms in total. The Morgan fingerprint density at radius 2 is 0.524 bits per heavy atom. The molecule has 0 amide bonds. The number of aromatic nitrogens is 10. The minimum atomic E-state index is -2.07. The maximum atomic E-state index is 15.2. The summed E-state index contributed by atoms with van der Waals surface area (Å²) in [6, 6.07) is 63.0. The Bertz CT molecular complexity index is 7450. The molecule has 0 saturated carbocycles. The van der Waals surface area contributed by atoms with Gasteiger partial charge in [0.2, 0.25) is 0 Å².